The Morgan fingerprint density at radius 1 is 1.44 bits per heavy atom. The van der Waals surface area contributed by atoms with Crippen molar-refractivity contribution in [3.63, 3.8) is 0 Å². The Balaban J connectivity index is 1.90. The van der Waals surface area contributed by atoms with Crippen molar-refractivity contribution >= 4 is 17.5 Å². The van der Waals surface area contributed by atoms with Gasteiger partial charge in [0.25, 0.3) is 0 Å². The van der Waals surface area contributed by atoms with Crippen molar-refractivity contribution in [3.8, 4) is 0 Å². The van der Waals surface area contributed by atoms with Gasteiger partial charge in [-0.3, -0.25) is 4.79 Å². The van der Waals surface area contributed by atoms with Crippen molar-refractivity contribution in [2.45, 2.75) is 44.8 Å². The molecule has 0 aliphatic heterocycles. The third-order valence-electron chi connectivity index (χ3n) is 3.20. The third kappa shape index (κ3) is 2.70. The third-order valence-corrected chi connectivity index (χ3v) is 4.57. The molecule has 2 nitrogen and oxygen atoms in total. The van der Waals surface area contributed by atoms with Crippen molar-refractivity contribution in [3.05, 3.63) is 23.0 Å². The first-order valence-electron chi connectivity index (χ1n) is 5.98. The molecule has 0 aromatic carbocycles. The summed E-state index contributed by atoms with van der Waals surface area (Å²) < 4.78 is 0. The highest BCUT2D eigenvalue weighted by Gasteiger charge is 2.18. The van der Waals surface area contributed by atoms with Gasteiger partial charge < -0.3 is 4.98 Å². The normalized spacial score (nSPS) is 16.9. The predicted octanol–water partition coefficient (Wildman–Crippen LogP) is 3.49. The molecular weight excluding hydrogens is 218 g/mol. The number of aromatic amines is 1. The van der Waals surface area contributed by atoms with Crippen LogP contribution in [-0.4, -0.2) is 21.8 Å². The van der Waals surface area contributed by atoms with Crippen LogP contribution >= 0.6 is 11.8 Å². The second kappa shape index (κ2) is 5.09. The Kier molecular flexibility index (Phi) is 3.74. The summed E-state index contributed by atoms with van der Waals surface area (Å²) in [6.45, 7) is 3.97. The van der Waals surface area contributed by atoms with Gasteiger partial charge in [0.15, 0.2) is 5.78 Å². The van der Waals surface area contributed by atoms with Gasteiger partial charge in [0.2, 0.25) is 0 Å². The minimum absolute atomic E-state index is 0.277. The van der Waals surface area contributed by atoms with Gasteiger partial charge >= 0.3 is 0 Å². The van der Waals surface area contributed by atoms with E-state index in [9.17, 15) is 4.79 Å². The van der Waals surface area contributed by atoms with Crippen molar-refractivity contribution < 1.29 is 4.79 Å². The van der Waals surface area contributed by atoms with Crippen LogP contribution in [0.3, 0.4) is 0 Å². The maximum Gasteiger partial charge on any atom is 0.174 e. The molecule has 0 atom stereocenters. The summed E-state index contributed by atoms with van der Waals surface area (Å²) in [5.41, 5.74) is 2.96. The summed E-state index contributed by atoms with van der Waals surface area (Å²) in [5, 5.41) is 0.726. The van der Waals surface area contributed by atoms with E-state index >= 15 is 0 Å². The van der Waals surface area contributed by atoms with Crippen molar-refractivity contribution in [2.75, 3.05) is 5.75 Å². The van der Waals surface area contributed by atoms with E-state index < -0.39 is 0 Å². The van der Waals surface area contributed by atoms with E-state index in [1.54, 1.807) is 0 Å². The molecule has 0 saturated heterocycles. The van der Waals surface area contributed by atoms with E-state index in [-0.39, 0.29) is 5.78 Å². The zero-order valence-corrected chi connectivity index (χ0v) is 10.8. The predicted molar refractivity (Wildman–Crippen MR) is 69.3 cm³/mol. The highest BCUT2D eigenvalue weighted by molar-refractivity contribution is 8.00. The number of aromatic nitrogens is 1. The number of hydrogen-bond acceptors (Lipinski definition) is 2. The molecule has 1 N–H and O–H groups in total. The molecule has 1 aromatic rings. The lowest BCUT2D eigenvalue weighted by atomic mass is 10.2. The molecular formula is C13H19NOS. The van der Waals surface area contributed by atoms with Gasteiger partial charge in [0, 0.05) is 22.2 Å². The first-order chi connectivity index (χ1) is 7.66. The number of aryl methyl sites for hydroxylation is 2. The molecule has 1 aromatic heterocycles. The fourth-order valence-corrected chi connectivity index (χ4v) is 3.55. The van der Waals surface area contributed by atoms with Gasteiger partial charge in [0.05, 0.1) is 5.75 Å². The van der Waals surface area contributed by atoms with E-state index in [0.29, 0.717) is 5.75 Å². The monoisotopic (exact) mass is 237 g/mol. The van der Waals surface area contributed by atoms with Gasteiger partial charge in [-0.15, -0.1) is 0 Å². The molecule has 16 heavy (non-hydrogen) atoms. The van der Waals surface area contributed by atoms with Crippen LogP contribution in [0.5, 0.6) is 0 Å². The van der Waals surface area contributed by atoms with Crippen molar-refractivity contribution in [1.82, 2.24) is 4.98 Å². The van der Waals surface area contributed by atoms with E-state index in [4.69, 9.17) is 0 Å². The number of carbonyl (C=O) groups excluding carboxylic acids is 1. The van der Waals surface area contributed by atoms with Gasteiger partial charge in [-0.25, -0.2) is 0 Å². The molecule has 0 radical (unpaired) electrons. The lowest BCUT2D eigenvalue weighted by Crippen LogP contribution is -2.06. The minimum Gasteiger partial charge on any atom is -0.362 e. The van der Waals surface area contributed by atoms with Crippen LogP contribution in [0.15, 0.2) is 6.07 Å². The molecule has 0 bridgehead atoms. The summed E-state index contributed by atoms with van der Waals surface area (Å²) >= 11 is 1.84. The van der Waals surface area contributed by atoms with Gasteiger partial charge in [-0.05, 0) is 32.8 Å². The molecule has 0 unspecified atom stereocenters. The fraction of sp³-hybridized carbons (Fsp3) is 0.615. The number of nitrogens with one attached hydrogen (secondary N) is 1. The van der Waals surface area contributed by atoms with Crippen LogP contribution in [0, 0.1) is 13.8 Å². The summed E-state index contributed by atoms with van der Waals surface area (Å²) in [5.74, 6) is 0.918. The highest BCUT2D eigenvalue weighted by Crippen LogP contribution is 2.29. The lowest BCUT2D eigenvalue weighted by Gasteiger charge is -2.07. The van der Waals surface area contributed by atoms with Crippen molar-refractivity contribution in [1.29, 1.82) is 0 Å². The summed E-state index contributed by atoms with van der Waals surface area (Å²) in [7, 11) is 0. The van der Waals surface area contributed by atoms with E-state index in [0.717, 1.165) is 22.2 Å². The van der Waals surface area contributed by atoms with E-state index in [1.165, 1.54) is 25.7 Å². The van der Waals surface area contributed by atoms with Crippen LogP contribution in [0.25, 0.3) is 0 Å². The first-order valence-corrected chi connectivity index (χ1v) is 7.02. The number of carbonyl (C=O) groups is 1. The molecule has 88 valence electrons. The zero-order valence-electron chi connectivity index (χ0n) is 10.0. The number of ketones is 1. The molecule has 0 amide bonds. The van der Waals surface area contributed by atoms with Gasteiger partial charge in [-0.1, -0.05) is 12.8 Å². The molecule has 1 saturated carbocycles. The smallest absolute Gasteiger partial charge is 0.174 e. The number of H-pyrrole nitrogens is 1. The molecule has 1 fully saturated rings. The molecule has 1 aliphatic carbocycles. The Morgan fingerprint density at radius 2 is 2.12 bits per heavy atom. The highest BCUT2D eigenvalue weighted by atomic mass is 32.2. The maximum atomic E-state index is 12.0. The Labute approximate surface area is 101 Å². The topological polar surface area (TPSA) is 32.9 Å². The summed E-state index contributed by atoms with van der Waals surface area (Å²) in [6.07, 6.45) is 5.27. The lowest BCUT2D eigenvalue weighted by molar-refractivity contribution is 0.102. The standard InChI is InChI=1S/C13H19NOS/c1-9-7-12(10(2)14-9)13(15)8-16-11-5-3-4-6-11/h7,11,14H,3-6,8H2,1-2H3. The average Bonchev–Trinajstić information content (AvgIpc) is 2.84. The van der Waals surface area contributed by atoms with Crippen LogP contribution in [0.2, 0.25) is 0 Å². The summed E-state index contributed by atoms with van der Waals surface area (Å²) in [4.78, 5) is 15.2. The number of thioether (sulfide) groups is 1. The molecule has 2 rings (SSSR count). The van der Waals surface area contributed by atoms with Gasteiger partial charge in [-0.2, -0.15) is 11.8 Å². The molecule has 1 heterocycles. The van der Waals surface area contributed by atoms with Crippen molar-refractivity contribution in [2.24, 2.45) is 0 Å². The summed E-state index contributed by atoms with van der Waals surface area (Å²) in [6, 6.07) is 1.97. The molecule has 3 heteroatoms. The second-order valence-corrected chi connectivity index (χ2v) is 5.92. The number of hydrogen-bond donors (Lipinski definition) is 1. The quantitative estimate of drug-likeness (QED) is 0.813. The minimum atomic E-state index is 0.277. The largest absolute Gasteiger partial charge is 0.362 e. The number of rotatable bonds is 4. The molecule has 0 spiro atoms. The van der Waals surface area contributed by atoms with Crippen LogP contribution in [0.1, 0.15) is 47.4 Å². The fourth-order valence-electron chi connectivity index (χ4n) is 2.34. The van der Waals surface area contributed by atoms with Crippen LogP contribution in [-0.2, 0) is 0 Å². The van der Waals surface area contributed by atoms with Gasteiger partial charge in [0.1, 0.15) is 0 Å². The first kappa shape index (κ1) is 11.8. The van der Waals surface area contributed by atoms with Crippen LogP contribution in [0.4, 0.5) is 0 Å². The Morgan fingerprint density at radius 3 is 2.69 bits per heavy atom. The van der Waals surface area contributed by atoms with E-state index in [1.807, 2.05) is 31.7 Å². The van der Waals surface area contributed by atoms with Crippen LogP contribution < -0.4 is 0 Å². The maximum absolute atomic E-state index is 12.0. The SMILES string of the molecule is Cc1cc(C(=O)CSC2CCCC2)c(C)[nH]1. The zero-order chi connectivity index (χ0) is 11.5. The average molecular weight is 237 g/mol. The Bertz CT molecular complexity index is 377. The molecule has 1 aliphatic rings. The Hall–Kier alpha value is -0.700. The van der Waals surface area contributed by atoms with E-state index in [2.05, 4.69) is 4.98 Å². The second-order valence-electron chi connectivity index (χ2n) is 4.63. The number of Topliss-reactive ketones (excluding diaryl/α,β-unsaturated/α-hetero) is 1.